The van der Waals surface area contributed by atoms with Gasteiger partial charge in [0.1, 0.15) is 0 Å². The number of aromatic nitrogens is 2. The van der Waals surface area contributed by atoms with Crippen LogP contribution in [0.1, 0.15) is 60.9 Å². The topological polar surface area (TPSA) is 76.0 Å². The van der Waals surface area contributed by atoms with Gasteiger partial charge < -0.3 is 10.6 Å². The van der Waals surface area contributed by atoms with E-state index in [9.17, 15) is 9.59 Å². The summed E-state index contributed by atoms with van der Waals surface area (Å²) in [5.41, 5.74) is 2.06. The molecule has 6 heteroatoms. The van der Waals surface area contributed by atoms with Crippen LogP contribution in [0.3, 0.4) is 0 Å². The Labute approximate surface area is 165 Å². The predicted molar refractivity (Wildman–Crippen MR) is 110 cm³/mol. The minimum atomic E-state index is -0.179. The van der Waals surface area contributed by atoms with Gasteiger partial charge in [-0.2, -0.15) is 0 Å². The molecule has 28 heavy (non-hydrogen) atoms. The number of amides is 1. The van der Waals surface area contributed by atoms with Crippen LogP contribution in [0.25, 0.3) is 5.69 Å². The lowest BCUT2D eigenvalue weighted by atomic mass is 9.89. The first-order valence-electron chi connectivity index (χ1n) is 10.4. The fourth-order valence-corrected chi connectivity index (χ4v) is 3.86. The van der Waals surface area contributed by atoms with Gasteiger partial charge in [0.05, 0.1) is 5.69 Å². The number of anilines is 1. The monoisotopic (exact) mass is 380 g/mol. The van der Waals surface area contributed by atoms with Crippen LogP contribution >= 0.6 is 0 Å². The summed E-state index contributed by atoms with van der Waals surface area (Å²) in [6.45, 7) is 2.73. The van der Waals surface area contributed by atoms with Crippen molar-refractivity contribution in [3.63, 3.8) is 0 Å². The molecule has 6 nitrogen and oxygen atoms in total. The van der Waals surface area contributed by atoms with Crippen molar-refractivity contribution in [1.29, 1.82) is 0 Å². The highest BCUT2D eigenvalue weighted by Gasteiger charge is 2.24. The number of hydrogen-bond acceptors (Lipinski definition) is 4. The van der Waals surface area contributed by atoms with Gasteiger partial charge in [-0.25, -0.2) is 4.98 Å². The van der Waals surface area contributed by atoms with E-state index in [0.717, 1.165) is 30.6 Å². The van der Waals surface area contributed by atoms with E-state index in [4.69, 9.17) is 0 Å². The summed E-state index contributed by atoms with van der Waals surface area (Å²) in [5, 5.41) is 6.26. The molecule has 148 valence electrons. The van der Waals surface area contributed by atoms with Gasteiger partial charge in [0.15, 0.2) is 5.82 Å². The van der Waals surface area contributed by atoms with Crippen LogP contribution in [0.15, 0.2) is 35.4 Å². The third-order valence-corrected chi connectivity index (χ3v) is 5.77. The van der Waals surface area contributed by atoms with Crippen molar-refractivity contribution in [3.05, 3.63) is 52.1 Å². The first-order valence-corrected chi connectivity index (χ1v) is 10.4. The number of carbonyl (C=O) groups is 1. The molecule has 0 aliphatic heterocycles. The first kappa shape index (κ1) is 18.7. The Balaban J connectivity index is 1.56. The quantitative estimate of drug-likeness (QED) is 0.805. The Hall–Kier alpha value is -2.63. The molecule has 2 aliphatic rings. The summed E-state index contributed by atoms with van der Waals surface area (Å²) < 4.78 is 1.58. The molecule has 1 aromatic carbocycles. The molecule has 0 bridgehead atoms. The molecule has 2 saturated carbocycles. The minimum absolute atomic E-state index is 0.0819. The highest BCUT2D eigenvalue weighted by molar-refractivity contribution is 5.95. The normalized spacial score (nSPS) is 17.3. The van der Waals surface area contributed by atoms with Crippen molar-refractivity contribution < 1.29 is 4.79 Å². The SMILES string of the molecule is Cc1ccc(C(=O)NC2CC2)cc1-n1ccnc(NCC2CCCCC2)c1=O. The van der Waals surface area contributed by atoms with E-state index in [-0.39, 0.29) is 11.5 Å². The van der Waals surface area contributed by atoms with E-state index in [1.165, 1.54) is 32.1 Å². The highest BCUT2D eigenvalue weighted by Crippen LogP contribution is 2.24. The molecule has 2 N–H and O–H groups in total. The number of aryl methyl sites for hydroxylation is 1. The molecule has 0 spiro atoms. The molecule has 1 aromatic heterocycles. The van der Waals surface area contributed by atoms with Crippen molar-refractivity contribution in [3.8, 4) is 5.69 Å². The number of carbonyl (C=O) groups excluding carboxylic acids is 1. The Morgan fingerprint density at radius 1 is 1.18 bits per heavy atom. The summed E-state index contributed by atoms with van der Waals surface area (Å²) >= 11 is 0. The van der Waals surface area contributed by atoms with E-state index < -0.39 is 0 Å². The fraction of sp³-hybridized carbons (Fsp3) is 0.500. The molecule has 0 saturated heterocycles. The molecule has 0 radical (unpaired) electrons. The maximum atomic E-state index is 13.0. The smallest absolute Gasteiger partial charge is 0.297 e. The highest BCUT2D eigenvalue weighted by atomic mass is 16.2. The van der Waals surface area contributed by atoms with Gasteiger partial charge >= 0.3 is 0 Å². The first-order chi connectivity index (χ1) is 13.6. The van der Waals surface area contributed by atoms with Gasteiger partial charge in [0.25, 0.3) is 11.5 Å². The second kappa shape index (κ2) is 8.17. The summed E-state index contributed by atoms with van der Waals surface area (Å²) in [4.78, 5) is 29.7. The average Bonchev–Trinajstić information content (AvgIpc) is 3.52. The summed E-state index contributed by atoms with van der Waals surface area (Å²) in [6.07, 6.45) is 11.7. The summed E-state index contributed by atoms with van der Waals surface area (Å²) in [5.74, 6) is 0.904. The van der Waals surface area contributed by atoms with Crippen LogP contribution in [0.2, 0.25) is 0 Å². The second-order valence-electron chi connectivity index (χ2n) is 8.08. The summed E-state index contributed by atoms with van der Waals surface area (Å²) in [7, 11) is 0. The van der Waals surface area contributed by atoms with E-state index in [2.05, 4.69) is 15.6 Å². The van der Waals surface area contributed by atoms with Gasteiger partial charge in [-0.1, -0.05) is 25.3 Å². The molecule has 1 amide bonds. The third-order valence-electron chi connectivity index (χ3n) is 5.77. The zero-order chi connectivity index (χ0) is 19.5. The zero-order valence-corrected chi connectivity index (χ0v) is 16.4. The van der Waals surface area contributed by atoms with E-state index in [1.54, 1.807) is 23.0 Å². The molecule has 0 atom stereocenters. The van der Waals surface area contributed by atoms with Crippen LogP contribution in [-0.2, 0) is 0 Å². The van der Waals surface area contributed by atoms with E-state index in [1.807, 2.05) is 19.1 Å². The van der Waals surface area contributed by atoms with Crippen molar-refractivity contribution in [2.24, 2.45) is 5.92 Å². The molecular weight excluding hydrogens is 352 g/mol. The molecule has 0 unspecified atom stereocenters. The Morgan fingerprint density at radius 2 is 1.96 bits per heavy atom. The van der Waals surface area contributed by atoms with Crippen molar-refractivity contribution in [1.82, 2.24) is 14.9 Å². The molecular formula is C22H28N4O2. The van der Waals surface area contributed by atoms with Gasteiger partial charge in [0, 0.05) is 30.5 Å². The van der Waals surface area contributed by atoms with E-state index in [0.29, 0.717) is 23.3 Å². The van der Waals surface area contributed by atoms with E-state index >= 15 is 0 Å². The van der Waals surface area contributed by atoms with Crippen LogP contribution in [0.4, 0.5) is 5.82 Å². The Kier molecular flexibility index (Phi) is 5.46. The second-order valence-corrected chi connectivity index (χ2v) is 8.08. The number of hydrogen-bond donors (Lipinski definition) is 2. The lowest BCUT2D eigenvalue weighted by molar-refractivity contribution is 0.0951. The standard InChI is InChI=1S/C22H28N4O2/c1-15-7-8-17(21(27)25-18-9-10-18)13-19(15)26-12-11-23-20(22(26)28)24-14-16-5-3-2-4-6-16/h7-8,11-13,16,18H,2-6,9-10,14H2,1H3,(H,23,24)(H,25,27). The number of nitrogens with zero attached hydrogens (tertiary/aromatic N) is 2. The summed E-state index contributed by atoms with van der Waals surface area (Å²) in [6, 6.07) is 5.79. The van der Waals surface area contributed by atoms with Crippen molar-refractivity contribution in [2.45, 2.75) is 57.9 Å². The van der Waals surface area contributed by atoms with Gasteiger partial charge in [-0.3, -0.25) is 14.2 Å². The van der Waals surface area contributed by atoms with Gasteiger partial charge in [-0.15, -0.1) is 0 Å². The minimum Gasteiger partial charge on any atom is -0.365 e. The van der Waals surface area contributed by atoms with Crippen molar-refractivity contribution in [2.75, 3.05) is 11.9 Å². The molecule has 2 aromatic rings. The predicted octanol–water partition coefficient (Wildman–Crippen LogP) is 3.43. The van der Waals surface area contributed by atoms with Crippen LogP contribution in [0.5, 0.6) is 0 Å². The molecule has 1 heterocycles. The molecule has 2 aliphatic carbocycles. The number of benzene rings is 1. The van der Waals surface area contributed by atoms with Crippen molar-refractivity contribution >= 4 is 11.7 Å². The third kappa shape index (κ3) is 4.26. The largest absolute Gasteiger partial charge is 0.365 e. The molecule has 4 rings (SSSR count). The van der Waals surface area contributed by atoms with Crippen LogP contribution in [-0.4, -0.2) is 28.0 Å². The van der Waals surface area contributed by atoms with Gasteiger partial charge in [-0.05, 0) is 56.2 Å². The average molecular weight is 380 g/mol. The number of nitrogens with one attached hydrogen (secondary N) is 2. The van der Waals surface area contributed by atoms with Gasteiger partial charge in [0.2, 0.25) is 0 Å². The van der Waals surface area contributed by atoms with Crippen LogP contribution < -0.4 is 16.2 Å². The fourth-order valence-electron chi connectivity index (χ4n) is 3.86. The molecule has 2 fully saturated rings. The van der Waals surface area contributed by atoms with Crippen LogP contribution in [0, 0.1) is 12.8 Å². The Bertz CT molecular complexity index is 911. The maximum Gasteiger partial charge on any atom is 0.297 e. The lowest BCUT2D eigenvalue weighted by Crippen LogP contribution is -2.28. The maximum absolute atomic E-state index is 13.0. The number of rotatable bonds is 6. The lowest BCUT2D eigenvalue weighted by Gasteiger charge is -2.22. The zero-order valence-electron chi connectivity index (χ0n) is 16.4. The Morgan fingerprint density at radius 3 is 2.71 bits per heavy atom.